The van der Waals surface area contributed by atoms with Crippen molar-refractivity contribution in [2.75, 3.05) is 23.9 Å². The van der Waals surface area contributed by atoms with Crippen LogP contribution in [0.15, 0.2) is 115 Å². The number of ketones is 1. The molecular weight excluding hydrogens is 2150 g/mol. The number of dihydropyridines is 1. The molecule has 14 nitrogen and oxygen atoms in total. The Kier molecular flexibility index (Phi) is 51.1. The molecule has 3 aromatic carbocycles. The standard InChI is InChI=1S/C18H16F2N2O3.C12H12F2N2O.C7H5BrF2.C6H9ClO3.C5H6N2O.CH3I.I2.5HI.2V/c1-3-24-18(23)16-11(2)21-17-15(8-5-9-22(16)17)25-10-12-13(19)6-4-7-14(12)20;13-9-3-1-4-10(14)8(9)7-17-11-5-2-6-16-12(11)15;8-4-5-6(9)2-1-3-7(5)10;1-3-10-6(9)5(7)4(2)8;6-5-4(8)2-1-3-7-5;2*1-2;;;;;;;/h4-9H,3,10H2,1-2H3;1-6,12,16H,7,15H2;1-3H,4H2;5H,3H2,1-2H3;1-3,8H,(H2,6,7);1H3;;5*1H;;/q;;;;;;;;;;;;+2;+3/p-5. The average molecular weight is 2200 g/mol. The Morgan fingerprint density at radius 1 is 0.815 bits per heavy atom. The number of nitrogens with zero attached hydrogens (tertiary/aromatic N) is 3. The second kappa shape index (κ2) is 49.8. The molecule has 3 aromatic heterocycles. The van der Waals surface area contributed by atoms with Crippen LogP contribution in [-0.4, -0.2) is 66.9 Å². The molecule has 7 rings (SSSR count). The third kappa shape index (κ3) is 33.7. The minimum atomic E-state index is -1.14. The van der Waals surface area contributed by atoms with Gasteiger partial charge in [-0.3, -0.25) is 9.20 Å². The zero-order valence-electron chi connectivity index (χ0n) is 42.8. The van der Waals surface area contributed by atoms with Crippen molar-refractivity contribution in [1.82, 2.24) is 19.7 Å². The summed E-state index contributed by atoms with van der Waals surface area (Å²) >= 11 is 26.8. The molecule has 6 aromatic rings. The number of pyridine rings is 2. The number of carbonyl (C=O) groups is 3. The van der Waals surface area contributed by atoms with Crippen LogP contribution < -0.4 is 21.5 Å². The number of fused-ring (bicyclic) bond motifs is 1. The summed E-state index contributed by atoms with van der Waals surface area (Å²) in [6, 6.07) is 17.5. The van der Waals surface area contributed by atoms with Crippen molar-refractivity contribution >= 4 is 216 Å². The van der Waals surface area contributed by atoms with E-state index in [2.05, 4.69) is 196 Å². The fourth-order valence-electron chi connectivity index (χ4n) is 5.44. The van der Waals surface area contributed by atoms with E-state index >= 15 is 0 Å². The quantitative estimate of drug-likeness (QED) is 0.0297. The van der Waals surface area contributed by atoms with Crippen molar-refractivity contribution < 1.29 is 79.2 Å². The molecule has 0 bridgehead atoms. The number of esters is 2. The number of alkyl halides is 3. The van der Waals surface area contributed by atoms with Gasteiger partial charge in [0.05, 0.1) is 30.0 Å². The Labute approximate surface area is 583 Å². The molecule has 6 N–H and O–H groups in total. The molecule has 32 heteroatoms. The fraction of sp³-hybridized carbons (Fsp3) is 0.245. The Hall–Kier alpha value is -0.0912. The van der Waals surface area contributed by atoms with Gasteiger partial charge in [-0.1, -0.05) is 56.7 Å². The van der Waals surface area contributed by atoms with Crippen LogP contribution in [0.1, 0.15) is 53.6 Å². The number of carbonyl (C=O) groups excluding carboxylic acids is 3. The predicted octanol–water partition coefficient (Wildman–Crippen LogP) is 16.7. The molecule has 2 atom stereocenters. The second-order valence-corrected chi connectivity index (χ2v) is 62.3. The molecule has 2 unspecified atom stereocenters. The predicted molar refractivity (Wildman–Crippen MR) is 370 cm³/mol. The molecule has 81 heavy (non-hydrogen) atoms. The van der Waals surface area contributed by atoms with Crippen LogP contribution in [-0.2, 0) is 56.7 Å². The van der Waals surface area contributed by atoms with Gasteiger partial charge >= 0.3 is 126 Å². The van der Waals surface area contributed by atoms with Crippen molar-refractivity contribution in [2.24, 2.45) is 5.73 Å². The molecule has 447 valence electrons. The molecule has 0 saturated carbocycles. The summed E-state index contributed by atoms with van der Waals surface area (Å²) in [5.41, 5.74) is 11.8. The SMILES string of the molecule is CCOC(=O)C(Cl)C(C)=O.CCOC(=O)c1c(C)nc2c(OCc3c(F)cccc3F)cccn12.CI.Fc1cccc(F)c1CBr.II.NC1NC=CC=C1OCc1c(F)cccc1F.Nc1ncccc1O.[I][V]([I])[I].[I][V][I]. The van der Waals surface area contributed by atoms with Crippen molar-refractivity contribution in [3.05, 3.63) is 178 Å². The van der Waals surface area contributed by atoms with E-state index in [1.54, 1.807) is 67.9 Å². The van der Waals surface area contributed by atoms with Gasteiger partial charge in [0, 0.05) is 60.5 Å². The number of benzene rings is 3. The number of aromatic hydroxyl groups is 1. The summed E-state index contributed by atoms with van der Waals surface area (Å²) in [5, 5.41) is 10.6. The number of anilines is 1. The van der Waals surface area contributed by atoms with E-state index in [-0.39, 0.29) is 70.7 Å². The van der Waals surface area contributed by atoms with Crippen LogP contribution >= 0.6 is 187 Å². The van der Waals surface area contributed by atoms with Crippen LogP contribution in [0, 0.1) is 41.8 Å². The summed E-state index contributed by atoms with van der Waals surface area (Å²) < 4.78 is 101. The van der Waals surface area contributed by atoms with Gasteiger partial charge in [0.2, 0.25) is 0 Å². The third-order valence-corrected chi connectivity index (χ3v) is 9.98. The first-order chi connectivity index (χ1) is 38.5. The number of nitrogens with two attached hydrogens (primary N) is 2. The first kappa shape index (κ1) is 83.0. The molecule has 1 aliphatic rings. The number of nitrogen functional groups attached to an aromatic ring is 1. The molecule has 0 radical (unpaired) electrons. The molecular formula is C49H51BrClF6I8N6O8V2. The first-order valence-electron chi connectivity index (χ1n) is 22.1. The summed E-state index contributed by atoms with van der Waals surface area (Å²) in [7, 11) is 0.628. The number of nitrogens with one attached hydrogen (secondary N) is 1. The molecule has 4 heterocycles. The number of imidazole rings is 1. The number of aromatic nitrogens is 3. The summed E-state index contributed by atoms with van der Waals surface area (Å²) in [6.45, 7) is 6.31. The number of rotatable bonds is 12. The van der Waals surface area contributed by atoms with Crippen LogP contribution in [0.3, 0.4) is 0 Å². The van der Waals surface area contributed by atoms with Crippen molar-refractivity contribution in [3.63, 3.8) is 0 Å². The Balaban J connectivity index is 0. The number of aryl methyl sites for hydroxylation is 1. The zero-order chi connectivity index (χ0) is 62.2. The van der Waals surface area contributed by atoms with Crippen molar-refractivity contribution in [1.29, 1.82) is 0 Å². The maximum absolute atomic E-state index is 13.7. The second-order valence-electron chi connectivity index (χ2n) is 14.1. The zero-order valence-corrected chi connectivity index (χ0v) is 65.2. The minimum absolute atomic E-state index is 0.0347. The van der Waals surface area contributed by atoms with E-state index in [4.69, 9.17) is 42.4 Å². The van der Waals surface area contributed by atoms with Gasteiger partial charge in [-0.05, 0) is 112 Å². The van der Waals surface area contributed by atoms with Gasteiger partial charge in [-0.15, -0.1) is 11.6 Å². The van der Waals surface area contributed by atoms with Crippen LogP contribution in [0.5, 0.6) is 11.5 Å². The fourth-order valence-corrected chi connectivity index (χ4v) is 6.03. The number of Topliss-reactive ketones (excluding diaryl/α,β-unsaturated/α-hetero) is 1. The van der Waals surface area contributed by atoms with Crippen LogP contribution in [0.2, 0.25) is 0 Å². The van der Waals surface area contributed by atoms with E-state index in [1.807, 2.05) is 4.93 Å². The van der Waals surface area contributed by atoms with Gasteiger partial charge in [-0.25, -0.2) is 45.9 Å². The van der Waals surface area contributed by atoms with E-state index in [9.17, 15) is 40.7 Å². The Morgan fingerprint density at radius 3 is 1.65 bits per heavy atom. The monoisotopic (exact) mass is 2200 g/mol. The topological polar surface area (TPSA) is 203 Å². The molecule has 0 spiro atoms. The van der Waals surface area contributed by atoms with Gasteiger partial charge in [0.1, 0.15) is 60.0 Å². The Bertz CT molecular complexity index is 2800. The van der Waals surface area contributed by atoms with Crippen molar-refractivity contribution in [3.8, 4) is 11.5 Å². The normalized spacial score (nSPS) is 11.6. The Morgan fingerprint density at radius 2 is 1.27 bits per heavy atom. The van der Waals surface area contributed by atoms with Crippen LogP contribution in [0.25, 0.3) is 5.65 Å². The van der Waals surface area contributed by atoms with Gasteiger partial charge < -0.3 is 40.8 Å². The van der Waals surface area contributed by atoms with E-state index < -0.39 is 58.4 Å². The van der Waals surface area contributed by atoms with E-state index in [0.29, 0.717) is 38.0 Å². The summed E-state index contributed by atoms with van der Waals surface area (Å²) in [6.07, 6.45) is 7.71. The number of halogens is 16. The summed E-state index contributed by atoms with van der Waals surface area (Å²) in [4.78, 5) is 42.8. The van der Waals surface area contributed by atoms with E-state index in [0.717, 1.165) is 0 Å². The van der Waals surface area contributed by atoms with Gasteiger partial charge in [0.25, 0.3) is 0 Å². The third-order valence-electron chi connectivity index (χ3n) is 8.94. The molecule has 0 aliphatic carbocycles. The number of allylic oxidation sites excluding steroid dienone is 2. The van der Waals surface area contributed by atoms with Crippen LogP contribution in [0.4, 0.5) is 32.2 Å². The van der Waals surface area contributed by atoms with Gasteiger partial charge in [-0.2, -0.15) is 0 Å². The maximum atomic E-state index is 13.7. The average Bonchev–Trinajstić information content (AvgIpc) is 3.90. The number of hydrogen-bond acceptors (Lipinski definition) is 13. The first-order valence-corrected chi connectivity index (χ1v) is 54.6. The molecule has 0 amide bonds. The van der Waals surface area contributed by atoms with Crippen molar-refractivity contribution in [2.45, 2.75) is 57.8 Å². The summed E-state index contributed by atoms with van der Waals surface area (Å²) in [5.74, 6) is -4.22. The number of ether oxygens (including phenoxy) is 4. The van der Waals surface area contributed by atoms with Gasteiger partial charge in [0.15, 0.2) is 39.8 Å². The molecule has 1 aliphatic heterocycles. The van der Waals surface area contributed by atoms with E-state index in [1.165, 1.54) is 73.8 Å². The molecule has 0 saturated heterocycles. The number of hydrogen-bond donors (Lipinski definition) is 4. The molecule has 0 fully saturated rings.